The molecule has 0 bridgehead atoms. The Morgan fingerprint density at radius 3 is 2.25 bits per heavy atom. The summed E-state index contributed by atoms with van der Waals surface area (Å²) in [7, 11) is 0. The maximum Gasteiger partial charge on any atom is 0.332 e. The summed E-state index contributed by atoms with van der Waals surface area (Å²) in [5, 5.41) is 9.06. The van der Waals surface area contributed by atoms with Gasteiger partial charge in [0.25, 0.3) is 0 Å². The second-order valence-corrected chi connectivity index (χ2v) is 4.10. The number of carbonyl (C=O) groups is 1. The Labute approximate surface area is 117 Å². The van der Waals surface area contributed by atoms with Crippen molar-refractivity contribution in [2.45, 2.75) is 6.10 Å². The van der Waals surface area contributed by atoms with Crippen LogP contribution in [-0.4, -0.2) is 5.97 Å². The fourth-order valence-corrected chi connectivity index (χ4v) is 1.68. The molecule has 0 radical (unpaired) electrons. The van der Waals surface area contributed by atoms with Gasteiger partial charge in [-0.25, -0.2) is 4.79 Å². The summed E-state index contributed by atoms with van der Waals surface area (Å²) in [5.74, 6) is -0.538. The first-order valence-electron chi connectivity index (χ1n) is 6.18. The molecule has 20 heavy (non-hydrogen) atoms. The second kappa shape index (κ2) is 6.91. The zero-order valence-corrected chi connectivity index (χ0v) is 10.8. The van der Waals surface area contributed by atoms with Crippen molar-refractivity contribution in [1.82, 2.24) is 0 Å². The minimum Gasteiger partial charge on any atom is -0.439 e. The van der Waals surface area contributed by atoms with Crippen LogP contribution in [0, 0.1) is 11.3 Å². The van der Waals surface area contributed by atoms with Crippen molar-refractivity contribution in [2.24, 2.45) is 0 Å². The summed E-state index contributed by atoms with van der Waals surface area (Å²) in [6.07, 6.45) is 2.09. The molecule has 0 N–H and O–H groups in total. The Morgan fingerprint density at radius 1 is 1.05 bits per heavy atom. The normalized spacial score (nSPS) is 11.8. The standard InChI is InChI=1S/C17H13NO2/c18-13-16(15-9-5-2-6-10-15)20-17(19)12-11-14-7-3-1-4-8-14/h1-12,16H/b12-11+/t16-/m1/s1. The molecule has 0 unspecified atom stereocenters. The predicted molar refractivity (Wildman–Crippen MR) is 76.4 cm³/mol. The summed E-state index contributed by atoms with van der Waals surface area (Å²) in [5.41, 5.74) is 1.56. The molecule has 2 aromatic carbocycles. The second-order valence-electron chi connectivity index (χ2n) is 4.10. The monoisotopic (exact) mass is 263 g/mol. The molecule has 3 heteroatoms. The number of hydrogen-bond donors (Lipinski definition) is 0. The lowest BCUT2D eigenvalue weighted by Crippen LogP contribution is -2.07. The lowest BCUT2D eigenvalue weighted by molar-refractivity contribution is -0.140. The number of esters is 1. The molecule has 0 aliphatic rings. The molecule has 2 rings (SSSR count). The van der Waals surface area contributed by atoms with Crippen LogP contribution < -0.4 is 0 Å². The Balaban J connectivity index is 2.01. The van der Waals surface area contributed by atoms with Gasteiger partial charge in [0.05, 0.1) is 0 Å². The molecule has 0 saturated carbocycles. The minimum atomic E-state index is -0.885. The summed E-state index contributed by atoms with van der Waals surface area (Å²) >= 11 is 0. The highest BCUT2D eigenvalue weighted by Gasteiger charge is 2.13. The zero-order valence-electron chi connectivity index (χ0n) is 10.8. The van der Waals surface area contributed by atoms with Gasteiger partial charge in [-0.1, -0.05) is 60.7 Å². The van der Waals surface area contributed by atoms with E-state index in [-0.39, 0.29) is 0 Å². The molecular formula is C17H13NO2. The van der Waals surface area contributed by atoms with Gasteiger partial charge in [0.15, 0.2) is 0 Å². The topological polar surface area (TPSA) is 50.1 Å². The van der Waals surface area contributed by atoms with E-state index in [1.54, 1.807) is 30.3 Å². The van der Waals surface area contributed by atoms with Crippen LogP contribution in [0.1, 0.15) is 17.2 Å². The number of nitrogens with zero attached hydrogens (tertiary/aromatic N) is 1. The van der Waals surface area contributed by atoms with Crippen LogP contribution in [0.2, 0.25) is 0 Å². The van der Waals surface area contributed by atoms with Crippen LogP contribution in [0.3, 0.4) is 0 Å². The first-order chi connectivity index (χ1) is 9.79. The van der Waals surface area contributed by atoms with Gasteiger partial charge in [-0.2, -0.15) is 5.26 Å². The van der Waals surface area contributed by atoms with Crippen molar-refractivity contribution in [3.63, 3.8) is 0 Å². The lowest BCUT2D eigenvalue weighted by Gasteiger charge is -2.09. The van der Waals surface area contributed by atoms with Crippen LogP contribution in [0.4, 0.5) is 0 Å². The zero-order chi connectivity index (χ0) is 14.2. The number of rotatable bonds is 4. The van der Waals surface area contributed by atoms with Crippen molar-refractivity contribution in [1.29, 1.82) is 5.26 Å². The number of hydrogen-bond acceptors (Lipinski definition) is 3. The van der Waals surface area contributed by atoms with Crippen molar-refractivity contribution >= 4 is 12.0 Å². The number of carbonyl (C=O) groups excluding carboxylic acids is 1. The van der Waals surface area contributed by atoms with Crippen LogP contribution in [0.5, 0.6) is 0 Å². The molecule has 98 valence electrons. The van der Waals surface area contributed by atoms with Crippen LogP contribution in [0.15, 0.2) is 66.7 Å². The van der Waals surface area contributed by atoms with E-state index >= 15 is 0 Å². The van der Waals surface area contributed by atoms with E-state index < -0.39 is 12.1 Å². The lowest BCUT2D eigenvalue weighted by atomic mass is 10.1. The van der Waals surface area contributed by atoms with E-state index in [1.165, 1.54) is 6.08 Å². The number of ether oxygens (including phenoxy) is 1. The summed E-state index contributed by atoms with van der Waals surface area (Å²) in [6.45, 7) is 0. The van der Waals surface area contributed by atoms with Gasteiger partial charge in [-0.05, 0) is 11.6 Å². The Kier molecular flexibility index (Phi) is 4.69. The Hall–Kier alpha value is -2.86. The van der Waals surface area contributed by atoms with Crippen molar-refractivity contribution in [2.75, 3.05) is 0 Å². The summed E-state index contributed by atoms with van der Waals surface area (Å²) in [6, 6.07) is 20.3. The molecule has 0 heterocycles. The Bertz CT molecular complexity index is 627. The summed E-state index contributed by atoms with van der Waals surface area (Å²) in [4.78, 5) is 11.7. The highest BCUT2D eigenvalue weighted by Crippen LogP contribution is 2.16. The van der Waals surface area contributed by atoms with Crippen LogP contribution >= 0.6 is 0 Å². The predicted octanol–water partition coefficient (Wildman–Crippen LogP) is 3.51. The quantitative estimate of drug-likeness (QED) is 0.626. The molecular weight excluding hydrogens is 250 g/mol. The summed E-state index contributed by atoms with van der Waals surface area (Å²) < 4.78 is 5.12. The molecule has 3 nitrogen and oxygen atoms in total. The van der Waals surface area contributed by atoms with E-state index in [0.717, 1.165) is 5.56 Å². The molecule has 0 aliphatic carbocycles. The first kappa shape index (κ1) is 13.6. The third-order valence-electron chi connectivity index (χ3n) is 2.67. The van der Waals surface area contributed by atoms with Crippen LogP contribution in [0.25, 0.3) is 6.08 Å². The molecule has 0 aromatic heterocycles. The van der Waals surface area contributed by atoms with Crippen LogP contribution in [-0.2, 0) is 9.53 Å². The van der Waals surface area contributed by atoms with Gasteiger partial charge >= 0.3 is 5.97 Å². The molecule has 0 amide bonds. The number of benzene rings is 2. The van der Waals surface area contributed by atoms with Crippen molar-refractivity contribution < 1.29 is 9.53 Å². The average molecular weight is 263 g/mol. The molecule has 0 aliphatic heterocycles. The number of nitriles is 1. The third-order valence-corrected chi connectivity index (χ3v) is 2.67. The van der Waals surface area contributed by atoms with E-state index in [2.05, 4.69) is 0 Å². The first-order valence-corrected chi connectivity index (χ1v) is 6.18. The SMILES string of the molecule is N#C[C@@H](OC(=O)/C=C/c1ccccc1)c1ccccc1. The van der Waals surface area contributed by atoms with E-state index in [4.69, 9.17) is 10.00 Å². The Morgan fingerprint density at radius 2 is 1.65 bits per heavy atom. The van der Waals surface area contributed by atoms with Crippen molar-refractivity contribution in [3.8, 4) is 6.07 Å². The maximum atomic E-state index is 11.7. The fraction of sp³-hybridized carbons (Fsp3) is 0.0588. The highest BCUT2D eigenvalue weighted by atomic mass is 16.5. The molecule has 0 saturated heterocycles. The smallest absolute Gasteiger partial charge is 0.332 e. The van der Waals surface area contributed by atoms with Gasteiger partial charge in [-0.15, -0.1) is 0 Å². The minimum absolute atomic E-state index is 0.538. The van der Waals surface area contributed by atoms with Gasteiger partial charge in [0, 0.05) is 11.6 Å². The highest BCUT2D eigenvalue weighted by molar-refractivity contribution is 5.87. The van der Waals surface area contributed by atoms with E-state index in [1.807, 2.05) is 42.5 Å². The van der Waals surface area contributed by atoms with Crippen molar-refractivity contribution in [3.05, 3.63) is 77.9 Å². The van der Waals surface area contributed by atoms with Gasteiger partial charge < -0.3 is 4.74 Å². The van der Waals surface area contributed by atoms with Gasteiger partial charge in [0.1, 0.15) is 6.07 Å². The molecule has 2 aromatic rings. The van der Waals surface area contributed by atoms with E-state index in [9.17, 15) is 4.79 Å². The average Bonchev–Trinajstić information content (AvgIpc) is 2.52. The maximum absolute atomic E-state index is 11.7. The molecule has 0 fully saturated rings. The molecule has 0 spiro atoms. The van der Waals surface area contributed by atoms with Gasteiger partial charge in [0.2, 0.25) is 6.10 Å². The van der Waals surface area contributed by atoms with E-state index in [0.29, 0.717) is 5.56 Å². The molecule has 1 atom stereocenters. The third kappa shape index (κ3) is 3.82. The van der Waals surface area contributed by atoms with Gasteiger partial charge in [-0.3, -0.25) is 0 Å². The fourth-order valence-electron chi connectivity index (χ4n) is 1.68. The largest absolute Gasteiger partial charge is 0.439 e.